The molecule has 2 N–H and O–H groups in total. The van der Waals surface area contributed by atoms with Gasteiger partial charge in [0, 0.05) is 12.3 Å². The lowest BCUT2D eigenvalue weighted by Gasteiger charge is -2.08. The molecule has 1 heterocycles. The zero-order chi connectivity index (χ0) is 12.8. The van der Waals surface area contributed by atoms with Gasteiger partial charge in [-0.2, -0.15) is 0 Å². The molecule has 17 heavy (non-hydrogen) atoms. The summed E-state index contributed by atoms with van der Waals surface area (Å²) in [7, 11) is 0. The Bertz CT molecular complexity index is 489. The molecular weight excluding hydrogens is 226 g/mol. The molecule has 1 aromatic rings. The highest BCUT2D eigenvalue weighted by Gasteiger charge is 2.05. The molecule has 0 saturated heterocycles. The van der Waals surface area contributed by atoms with Crippen molar-refractivity contribution in [2.24, 2.45) is 5.92 Å². The zero-order valence-electron chi connectivity index (χ0n) is 9.73. The Morgan fingerprint density at radius 3 is 2.82 bits per heavy atom. The number of aromatic amines is 1. The van der Waals surface area contributed by atoms with Crippen LogP contribution in [0.4, 0.5) is 0 Å². The summed E-state index contributed by atoms with van der Waals surface area (Å²) in [6.45, 7) is 4.08. The molecule has 7 nitrogen and oxygen atoms in total. The third-order valence-electron chi connectivity index (χ3n) is 1.81. The van der Waals surface area contributed by atoms with E-state index in [1.54, 1.807) is 0 Å². The highest BCUT2D eigenvalue weighted by atomic mass is 16.6. The molecule has 0 aromatic carbocycles. The molecule has 0 unspecified atom stereocenters. The molecular formula is C10H15N3O4. The number of hydrogen-bond acceptors (Lipinski definition) is 4. The molecule has 1 rings (SSSR count). The molecule has 0 aliphatic rings. The van der Waals surface area contributed by atoms with Gasteiger partial charge in [0.15, 0.2) is 0 Å². The first-order valence-electron chi connectivity index (χ1n) is 5.19. The number of aromatic nitrogens is 2. The molecule has 0 aliphatic carbocycles. The van der Waals surface area contributed by atoms with Crippen LogP contribution in [-0.4, -0.2) is 22.1 Å². The number of amides is 1. The smallest absolute Gasteiger partial charge is 0.291 e. The van der Waals surface area contributed by atoms with E-state index in [0.29, 0.717) is 12.5 Å². The van der Waals surface area contributed by atoms with Crippen molar-refractivity contribution < 1.29 is 9.63 Å². The Labute approximate surface area is 97.4 Å². The summed E-state index contributed by atoms with van der Waals surface area (Å²) < 4.78 is 1.08. The van der Waals surface area contributed by atoms with Crippen LogP contribution in [0.1, 0.15) is 13.8 Å². The van der Waals surface area contributed by atoms with Gasteiger partial charge in [-0.3, -0.25) is 24.0 Å². The molecule has 0 bridgehead atoms. The number of rotatable bonds is 5. The fraction of sp³-hybridized carbons (Fsp3) is 0.500. The van der Waals surface area contributed by atoms with Gasteiger partial charge in [-0.05, 0) is 5.92 Å². The first-order valence-corrected chi connectivity index (χ1v) is 5.19. The fourth-order valence-electron chi connectivity index (χ4n) is 1.04. The maximum Gasteiger partial charge on any atom is 0.328 e. The molecule has 0 radical (unpaired) electrons. The Hall–Kier alpha value is -1.89. The summed E-state index contributed by atoms with van der Waals surface area (Å²) in [6.07, 6.45) is 1.25. The van der Waals surface area contributed by atoms with Crippen LogP contribution in [0.15, 0.2) is 21.9 Å². The molecule has 0 fully saturated rings. The topological polar surface area (TPSA) is 93.2 Å². The van der Waals surface area contributed by atoms with Crippen LogP contribution in [0.3, 0.4) is 0 Å². The second-order valence-corrected chi connectivity index (χ2v) is 3.97. The summed E-state index contributed by atoms with van der Waals surface area (Å²) in [5.74, 6) is -0.161. The number of carbonyl (C=O) groups is 1. The van der Waals surface area contributed by atoms with Gasteiger partial charge in [-0.15, -0.1) is 0 Å². The number of nitrogens with zero attached hydrogens (tertiary/aromatic N) is 1. The van der Waals surface area contributed by atoms with E-state index < -0.39 is 17.2 Å². The minimum absolute atomic E-state index is 0.201. The van der Waals surface area contributed by atoms with Gasteiger partial charge in [-0.1, -0.05) is 13.8 Å². The van der Waals surface area contributed by atoms with Crippen LogP contribution in [0.2, 0.25) is 0 Å². The average molecular weight is 241 g/mol. The average Bonchev–Trinajstić information content (AvgIpc) is 2.21. The van der Waals surface area contributed by atoms with Gasteiger partial charge in [0.05, 0.1) is 6.61 Å². The molecule has 0 saturated carbocycles. The molecule has 94 valence electrons. The van der Waals surface area contributed by atoms with E-state index in [4.69, 9.17) is 4.84 Å². The van der Waals surface area contributed by atoms with Crippen molar-refractivity contribution in [2.45, 2.75) is 20.4 Å². The summed E-state index contributed by atoms with van der Waals surface area (Å²) in [5.41, 5.74) is 1.09. The highest BCUT2D eigenvalue weighted by Crippen LogP contribution is 1.89. The zero-order valence-corrected chi connectivity index (χ0v) is 9.73. The minimum atomic E-state index is -0.628. The van der Waals surface area contributed by atoms with Gasteiger partial charge < -0.3 is 0 Å². The molecule has 1 amide bonds. The molecule has 0 spiro atoms. The fourth-order valence-corrected chi connectivity index (χ4v) is 1.04. The predicted octanol–water partition coefficient (Wildman–Crippen LogP) is -0.760. The highest BCUT2D eigenvalue weighted by molar-refractivity contribution is 5.74. The summed E-state index contributed by atoms with van der Waals surface area (Å²) in [4.78, 5) is 40.3. The van der Waals surface area contributed by atoms with E-state index in [0.717, 1.165) is 4.57 Å². The third-order valence-corrected chi connectivity index (χ3v) is 1.81. The largest absolute Gasteiger partial charge is 0.328 e. The monoisotopic (exact) mass is 241 g/mol. The Morgan fingerprint density at radius 1 is 1.53 bits per heavy atom. The Balaban J connectivity index is 2.51. The standard InChI is InChI=1S/C10H15N3O4/c1-7(2)6-17-12-9(15)5-13-4-3-8(14)11-10(13)16/h3-4,7H,5-6H2,1-2H3,(H,12,15)(H,11,14,16). The SMILES string of the molecule is CC(C)CONC(=O)Cn1ccc(=O)[nH]c1=O. The van der Waals surface area contributed by atoms with Crippen molar-refractivity contribution in [3.63, 3.8) is 0 Å². The van der Waals surface area contributed by atoms with Crippen LogP contribution in [0.5, 0.6) is 0 Å². The molecule has 1 aromatic heterocycles. The maximum absolute atomic E-state index is 11.3. The summed E-state index contributed by atoms with van der Waals surface area (Å²) in [6, 6.07) is 1.17. The van der Waals surface area contributed by atoms with E-state index in [9.17, 15) is 14.4 Å². The van der Waals surface area contributed by atoms with E-state index >= 15 is 0 Å². The number of carbonyl (C=O) groups excluding carboxylic acids is 1. The first kappa shape index (κ1) is 13.2. The van der Waals surface area contributed by atoms with Gasteiger partial charge in [0.25, 0.3) is 11.5 Å². The van der Waals surface area contributed by atoms with Crippen molar-refractivity contribution in [3.8, 4) is 0 Å². The van der Waals surface area contributed by atoms with Crippen molar-refractivity contribution in [2.75, 3.05) is 6.61 Å². The van der Waals surface area contributed by atoms with Crippen LogP contribution < -0.4 is 16.7 Å². The Morgan fingerprint density at radius 2 is 2.24 bits per heavy atom. The second kappa shape index (κ2) is 6.00. The minimum Gasteiger partial charge on any atom is -0.291 e. The lowest BCUT2D eigenvalue weighted by atomic mass is 10.2. The first-order chi connectivity index (χ1) is 7.99. The molecule has 0 atom stereocenters. The van der Waals surface area contributed by atoms with Crippen molar-refractivity contribution in [1.29, 1.82) is 0 Å². The lowest BCUT2D eigenvalue weighted by Crippen LogP contribution is -2.35. The lowest BCUT2D eigenvalue weighted by molar-refractivity contribution is -0.135. The molecule has 7 heteroatoms. The number of H-pyrrole nitrogens is 1. The predicted molar refractivity (Wildman–Crippen MR) is 60.3 cm³/mol. The van der Waals surface area contributed by atoms with Crippen LogP contribution in [0.25, 0.3) is 0 Å². The Kier molecular flexibility index (Phi) is 4.65. The van der Waals surface area contributed by atoms with E-state index in [1.165, 1.54) is 12.3 Å². The van der Waals surface area contributed by atoms with Gasteiger partial charge in [-0.25, -0.2) is 10.3 Å². The normalized spacial score (nSPS) is 10.5. The van der Waals surface area contributed by atoms with Crippen LogP contribution in [0, 0.1) is 5.92 Å². The number of hydroxylamine groups is 1. The van der Waals surface area contributed by atoms with E-state index in [2.05, 4.69) is 5.48 Å². The van der Waals surface area contributed by atoms with Gasteiger partial charge >= 0.3 is 5.69 Å². The number of hydrogen-bond donors (Lipinski definition) is 2. The van der Waals surface area contributed by atoms with Crippen LogP contribution >= 0.6 is 0 Å². The van der Waals surface area contributed by atoms with E-state index in [1.807, 2.05) is 18.8 Å². The van der Waals surface area contributed by atoms with Crippen molar-refractivity contribution in [3.05, 3.63) is 33.1 Å². The van der Waals surface area contributed by atoms with Crippen molar-refractivity contribution >= 4 is 5.91 Å². The third kappa shape index (κ3) is 4.64. The van der Waals surface area contributed by atoms with Gasteiger partial charge in [0.1, 0.15) is 6.54 Å². The van der Waals surface area contributed by atoms with Crippen molar-refractivity contribution in [1.82, 2.24) is 15.0 Å². The summed E-state index contributed by atoms with van der Waals surface area (Å²) >= 11 is 0. The number of nitrogens with one attached hydrogen (secondary N) is 2. The summed E-state index contributed by atoms with van der Waals surface area (Å²) in [5, 5.41) is 0. The second-order valence-electron chi connectivity index (χ2n) is 3.97. The van der Waals surface area contributed by atoms with Crippen LogP contribution in [-0.2, 0) is 16.2 Å². The maximum atomic E-state index is 11.3. The van der Waals surface area contributed by atoms with Gasteiger partial charge in [0.2, 0.25) is 0 Å². The molecule has 0 aliphatic heterocycles. The quantitative estimate of drug-likeness (QED) is 0.663. The van der Waals surface area contributed by atoms with E-state index in [-0.39, 0.29) is 6.54 Å².